The summed E-state index contributed by atoms with van der Waals surface area (Å²) in [6, 6.07) is 6.51. The fraction of sp³-hybridized carbons (Fsp3) is 0.767. The molecular weight excluding hydrogens is 436 g/mol. The summed E-state index contributed by atoms with van der Waals surface area (Å²) in [6.07, 6.45) is 15.4. The molecule has 0 aliphatic heterocycles. The summed E-state index contributed by atoms with van der Waals surface area (Å²) >= 11 is 0. The number of nitrogens with zero attached hydrogens (tertiary/aromatic N) is 2. The van der Waals surface area contributed by atoms with Crippen molar-refractivity contribution in [2.45, 2.75) is 103 Å². The van der Waals surface area contributed by atoms with Crippen LogP contribution in [-0.2, 0) is 5.41 Å². The number of methoxy groups -OCH3 is 3. The minimum Gasteiger partial charge on any atom is -0.493 e. The van der Waals surface area contributed by atoms with E-state index in [0.717, 1.165) is 31.5 Å². The third-order valence-electron chi connectivity index (χ3n) is 7.37. The van der Waals surface area contributed by atoms with Gasteiger partial charge < -0.3 is 19.1 Å². The minimum atomic E-state index is -0.650. The molecular formula is C30H52N2O3. The first-order chi connectivity index (χ1) is 16.9. The molecule has 1 aromatic carbocycles. The predicted molar refractivity (Wildman–Crippen MR) is 147 cm³/mol. The van der Waals surface area contributed by atoms with Crippen LogP contribution in [0.1, 0.15) is 103 Å². The van der Waals surface area contributed by atoms with Crippen LogP contribution in [0.15, 0.2) is 12.1 Å². The second kappa shape index (κ2) is 17.5. The first-order valence-electron chi connectivity index (χ1n) is 13.8. The van der Waals surface area contributed by atoms with Gasteiger partial charge in [-0.1, -0.05) is 78.6 Å². The Morgan fingerprint density at radius 3 is 1.83 bits per heavy atom. The van der Waals surface area contributed by atoms with Crippen LogP contribution in [0.25, 0.3) is 0 Å². The van der Waals surface area contributed by atoms with Gasteiger partial charge in [-0.2, -0.15) is 5.26 Å². The smallest absolute Gasteiger partial charge is 0.203 e. The Morgan fingerprint density at radius 2 is 1.34 bits per heavy atom. The van der Waals surface area contributed by atoms with Crippen molar-refractivity contribution < 1.29 is 14.2 Å². The number of unbranched alkanes of at least 4 members (excludes halogenated alkanes) is 9. The Kier molecular flexibility index (Phi) is 15.5. The number of benzene rings is 1. The first-order valence-corrected chi connectivity index (χ1v) is 13.8. The number of ether oxygens (including phenoxy) is 3. The number of hydrogen-bond acceptors (Lipinski definition) is 5. The van der Waals surface area contributed by atoms with Crippen LogP contribution in [0.4, 0.5) is 0 Å². The largest absolute Gasteiger partial charge is 0.493 e. The highest BCUT2D eigenvalue weighted by molar-refractivity contribution is 5.59. The fourth-order valence-corrected chi connectivity index (χ4v) is 5.04. The highest BCUT2D eigenvalue weighted by atomic mass is 16.5. The molecule has 0 saturated heterocycles. The van der Waals surface area contributed by atoms with Crippen LogP contribution >= 0.6 is 0 Å². The normalized spacial score (nSPS) is 13.0. The van der Waals surface area contributed by atoms with Gasteiger partial charge in [0.25, 0.3) is 0 Å². The molecule has 1 rings (SSSR count). The first kappa shape index (κ1) is 31.1. The van der Waals surface area contributed by atoms with E-state index in [1.54, 1.807) is 21.3 Å². The Morgan fingerprint density at radius 1 is 0.800 bits per heavy atom. The fourth-order valence-electron chi connectivity index (χ4n) is 5.04. The zero-order valence-corrected chi connectivity index (χ0v) is 23.8. The topological polar surface area (TPSA) is 54.7 Å². The molecule has 1 aromatic rings. The maximum atomic E-state index is 10.4. The van der Waals surface area contributed by atoms with Crippen LogP contribution in [0.5, 0.6) is 17.2 Å². The summed E-state index contributed by atoms with van der Waals surface area (Å²) in [5, 5.41) is 10.4. The average molecular weight is 489 g/mol. The van der Waals surface area contributed by atoms with Gasteiger partial charge in [0.2, 0.25) is 5.75 Å². The molecule has 0 aromatic heterocycles. The molecule has 5 heteroatoms. The summed E-state index contributed by atoms with van der Waals surface area (Å²) in [7, 11) is 7.05. The summed E-state index contributed by atoms with van der Waals surface area (Å²) in [6.45, 7) is 8.62. The van der Waals surface area contributed by atoms with Crippen molar-refractivity contribution >= 4 is 0 Å². The van der Waals surface area contributed by atoms with Crippen LogP contribution in [0.2, 0.25) is 0 Å². The van der Waals surface area contributed by atoms with Gasteiger partial charge in [-0.3, -0.25) is 0 Å². The monoisotopic (exact) mass is 488 g/mol. The van der Waals surface area contributed by atoms with Crippen molar-refractivity contribution in [1.82, 2.24) is 4.90 Å². The van der Waals surface area contributed by atoms with E-state index in [4.69, 9.17) is 14.2 Å². The molecule has 0 saturated carbocycles. The lowest BCUT2D eigenvalue weighted by Gasteiger charge is -2.34. The molecule has 0 heterocycles. The van der Waals surface area contributed by atoms with Gasteiger partial charge in [-0.25, -0.2) is 0 Å². The molecule has 0 spiro atoms. The molecule has 0 aliphatic rings. The quantitative estimate of drug-likeness (QED) is 0.176. The Balaban J connectivity index is 2.59. The Labute approximate surface area is 216 Å². The summed E-state index contributed by atoms with van der Waals surface area (Å²) < 4.78 is 16.8. The molecule has 0 fully saturated rings. The second-order valence-corrected chi connectivity index (χ2v) is 10.2. The standard InChI is InChI=1S/C30H52N2O3/c1-8-9-10-11-12-13-14-15-16-17-22-32(4)23-18-21-30(24-31,25(2)3)26-19-20-27(33-5)29(35-7)28(26)34-6/h19-20,25H,8-18,21-23H2,1-7H3/t30-/m1/s1. The van der Waals surface area contributed by atoms with Crippen molar-refractivity contribution in [2.75, 3.05) is 41.5 Å². The van der Waals surface area contributed by atoms with E-state index in [1.165, 1.54) is 64.2 Å². The van der Waals surface area contributed by atoms with Gasteiger partial charge in [0.1, 0.15) is 0 Å². The summed E-state index contributed by atoms with van der Waals surface area (Å²) in [4.78, 5) is 2.42. The van der Waals surface area contributed by atoms with Crippen LogP contribution in [-0.4, -0.2) is 46.4 Å². The third kappa shape index (κ3) is 9.56. The highest BCUT2D eigenvalue weighted by Crippen LogP contribution is 2.48. The summed E-state index contributed by atoms with van der Waals surface area (Å²) in [5.41, 5.74) is 0.232. The lowest BCUT2D eigenvalue weighted by molar-refractivity contribution is 0.276. The van der Waals surface area contributed by atoms with Gasteiger partial charge in [-0.15, -0.1) is 0 Å². The third-order valence-corrected chi connectivity index (χ3v) is 7.37. The van der Waals surface area contributed by atoms with Crippen LogP contribution in [0, 0.1) is 17.2 Å². The van der Waals surface area contributed by atoms with Crippen LogP contribution in [0.3, 0.4) is 0 Å². The van der Waals surface area contributed by atoms with E-state index in [2.05, 4.69) is 38.8 Å². The Bertz CT molecular complexity index is 744. The van der Waals surface area contributed by atoms with Crippen molar-refractivity contribution in [3.05, 3.63) is 17.7 Å². The van der Waals surface area contributed by atoms with Crippen molar-refractivity contribution in [3.63, 3.8) is 0 Å². The van der Waals surface area contributed by atoms with Gasteiger partial charge >= 0.3 is 0 Å². The van der Waals surface area contributed by atoms with E-state index >= 15 is 0 Å². The molecule has 0 amide bonds. The predicted octanol–water partition coefficient (Wildman–Crippen LogP) is 7.76. The number of hydrogen-bond donors (Lipinski definition) is 0. The Hall–Kier alpha value is -1.93. The van der Waals surface area contributed by atoms with E-state index in [9.17, 15) is 5.26 Å². The SMILES string of the molecule is CCCCCCCCCCCCN(C)CCC[C@](C#N)(c1ccc(OC)c(OC)c1OC)C(C)C. The number of nitriles is 1. The molecule has 0 radical (unpaired) electrons. The zero-order valence-electron chi connectivity index (χ0n) is 23.8. The molecule has 0 bridgehead atoms. The zero-order chi connectivity index (χ0) is 26.1. The maximum absolute atomic E-state index is 10.4. The molecule has 0 N–H and O–H groups in total. The van der Waals surface area contributed by atoms with Gasteiger partial charge in [0, 0.05) is 5.56 Å². The van der Waals surface area contributed by atoms with E-state index in [1.807, 2.05) is 12.1 Å². The lowest BCUT2D eigenvalue weighted by atomic mass is 9.69. The maximum Gasteiger partial charge on any atom is 0.203 e. The molecule has 35 heavy (non-hydrogen) atoms. The molecule has 0 aliphatic carbocycles. The highest BCUT2D eigenvalue weighted by Gasteiger charge is 2.39. The van der Waals surface area contributed by atoms with Gasteiger partial charge in [0.15, 0.2) is 11.5 Å². The van der Waals surface area contributed by atoms with Crippen LogP contribution < -0.4 is 14.2 Å². The molecule has 5 nitrogen and oxygen atoms in total. The molecule has 200 valence electrons. The minimum absolute atomic E-state index is 0.131. The lowest BCUT2D eigenvalue weighted by Crippen LogP contribution is -2.33. The van der Waals surface area contributed by atoms with Gasteiger partial charge in [0.05, 0.1) is 32.8 Å². The average Bonchev–Trinajstić information content (AvgIpc) is 2.86. The van der Waals surface area contributed by atoms with E-state index in [-0.39, 0.29) is 5.92 Å². The number of rotatable bonds is 20. The van der Waals surface area contributed by atoms with Crippen molar-refractivity contribution in [1.29, 1.82) is 5.26 Å². The van der Waals surface area contributed by atoms with Crippen molar-refractivity contribution in [2.24, 2.45) is 5.92 Å². The van der Waals surface area contributed by atoms with E-state index in [0.29, 0.717) is 17.2 Å². The van der Waals surface area contributed by atoms with Crippen molar-refractivity contribution in [3.8, 4) is 23.3 Å². The summed E-state index contributed by atoms with van der Waals surface area (Å²) in [5.74, 6) is 1.89. The molecule has 0 unspecified atom stereocenters. The molecule has 1 atom stereocenters. The van der Waals surface area contributed by atoms with Gasteiger partial charge in [-0.05, 0) is 57.5 Å². The van der Waals surface area contributed by atoms with E-state index < -0.39 is 5.41 Å². The second-order valence-electron chi connectivity index (χ2n) is 10.2.